The molecular formula is C20H17BrN4O4S. The number of halogens is 1. The highest BCUT2D eigenvalue weighted by Crippen LogP contribution is 2.30. The van der Waals surface area contributed by atoms with Crippen LogP contribution in [0.15, 0.2) is 47.1 Å². The predicted molar refractivity (Wildman–Crippen MR) is 118 cm³/mol. The molecule has 154 valence electrons. The zero-order chi connectivity index (χ0) is 21.3. The van der Waals surface area contributed by atoms with Crippen LogP contribution in [0.25, 0.3) is 10.1 Å². The topological polar surface area (TPSA) is 105 Å². The fourth-order valence-electron chi connectivity index (χ4n) is 3.46. The second-order valence-corrected chi connectivity index (χ2v) is 9.03. The van der Waals surface area contributed by atoms with E-state index in [-0.39, 0.29) is 23.4 Å². The molecule has 0 spiro atoms. The molecule has 30 heavy (non-hydrogen) atoms. The summed E-state index contributed by atoms with van der Waals surface area (Å²) in [6.07, 6.45) is 3.04. The highest BCUT2D eigenvalue weighted by Gasteiger charge is 2.30. The van der Waals surface area contributed by atoms with Crippen LogP contribution in [0.3, 0.4) is 0 Å². The number of fused-ring (bicyclic) bond motifs is 1. The summed E-state index contributed by atoms with van der Waals surface area (Å²) in [5.74, 6) is -0.159. The average Bonchev–Trinajstić information content (AvgIpc) is 3.18. The van der Waals surface area contributed by atoms with Crippen LogP contribution in [0.5, 0.6) is 0 Å². The number of nitro benzene ring substituents is 1. The van der Waals surface area contributed by atoms with Gasteiger partial charge in [-0.25, -0.2) is 4.98 Å². The Morgan fingerprint density at radius 1 is 1.27 bits per heavy atom. The maximum absolute atomic E-state index is 13.0. The summed E-state index contributed by atoms with van der Waals surface area (Å²) in [5.41, 5.74) is -0.00411. The number of carbonyl (C=O) groups is 2. The Labute approximate surface area is 184 Å². The van der Waals surface area contributed by atoms with Crippen LogP contribution in [0.4, 0.5) is 11.5 Å². The number of nitrogens with one attached hydrogen (secondary N) is 1. The first kappa shape index (κ1) is 20.4. The van der Waals surface area contributed by atoms with E-state index in [1.54, 1.807) is 35.4 Å². The number of likely N-dealkylation sites (tertiary alicyclic amines) is 1. The second kappa shape index (κ2) is 8.49. The van der Waals surface area contributed by atoms with Crippen molar-refractivity contribution in [2.24, 2.45) is 5.92 Å². The first-order chi connectivity index (χ1) is 14.4. The summed E-state index contributed by atoms with van der Waals surface area (Å²) < 4.78 is 1.64. The largest absolute Gasteiger partial charge is 0.337 e. The van der Waals surface area contributed by atoms with Gasteiger partial charge < -0.3 is 10.2 Å². The lowest BCUT2D eigenvalue weighted by Crippen LogP contribution is -2.43. The van der Waals surface area contributed by atoms with Gasteiger partial charge in [0, 0.05) is 46.0 Å². The Morgan fingerprint density at radius 3 is 2.83 bits per heavy atom. The van der Waals surface area contributed by atoms with Crippen molar-refractivity contribution in [2.45, 2.75) is 12.8 Å². The Kier molecular flexibility index (Phi) is 5.78. The van der Waals surface area contributed by atoms with E-state index >= 15 is 0 Å². The Morgan fingerprint density at radius 2 is 2.10 bits per heavy atom. The monoisotopic (exact) mass is 488 g/mol. The normalized spacial score (nSPS) is 16.4. The molecule has 1 atom stereocenters. The lowest BCUT2D eigenvalue weighted by molar-refractivity contribution is -0.384. The van der Waals surface area contributed by atoms with E-state index in [0.717, 1.165) is 15.6 Å². The lowest BCUT2D eigenvalue weighted by Gasteiger charge is -2.31. The number of thiophene rings is 1. The van der Waals surface area contributed by atoms with Crippen molar-refractivity contribution in [3.63, 3.8) is 0 Å². The summed E-state index contributed by atoms with van der Waals surface area (Å²) in [5, 5.41) is 14.4. The molecule has 0 radical (unpaired) electrons. The molecule has 1 saturated heterocycles. The molecule has 0 unspecified atom stereocenters. The number of pyridine rings is 1. The molecule has 3 aromatic rings. The first-order valence-electron chi connectivity index (χ1n) is 9.30. The molecule has 1 aromatic carbocycles. The van der Waals surface area contributed by atoms with Crippen LogP contribution in [-0.4, -0.2) is 39.7 Å². The molecule has 3 heterocycles. The van der Waals surface area contributed by atoms with Gasteiger partial charge in [-0.2, -0.15) is 0 Å². The van der Waals surface area contributed by atoms with Gasteiger partial charge in [0.2, 0.25) is 5.91 Å². The third-order valence-electron chi connectivity index (χ3n) is 4.98. The van der Waals surface area contributed by atoms with Crippen molar-refractivity contribution in [3.8, 4) is 0 Å². The number of nitro groups is 1. The van der Waals surface area contributed by atoms with Gasteiger partial charge >= 0.3 is 0 Å². The smallest absolute Gasteiger partial charge is 0.270 e. The van der Waals surface area contributed by atoms with E-state index in [1.165, 1.54) is 23.5 Å². The highest BCUT2D eigenvalue weighted by atomic mass is 79.9. The van der Waals surface area contributed by atoms with E-state index in [9.17, 15) is 19.7 Å². The maximum Gasteiger partial charge on any atom is 0.270 e. The quantitative estimate of drug-likeness (QED) is 0.431. The van der Waals surface area contributed by atoms with Gasteiger partial charge in [-0.3, -0.25) is 19.7 Å². The Balaban J connectivity index is 1.46. The molecule has 1 N–H and O–H groups in total. The van der Waals surface area contributed by atoms with Gasteiger partial charge in [-0.15, -0.1) is 11.3 Å². The zero-order valence-electron chi connectivity index (χ0n) is 15.7. The minimum Gasteiger partial charge on any atom is -0.337 e. The number of amides is 2. The maximum atomic E-state index is 13.0. The van der Waals surface area contributed by atoms with E-state index in [0.29, 0.717) is 35.6 Å². The molecule has 2 aromatic heterocycles. The van der Waals surface area contributed by atoms with Crippen molar-refractivity contribution in [1.29, 1.82) is 0 Å². The molecule has 0 saturated carbocycles. The standard InChI is InChI=1S/C20H17BrN4O4S/c21-14-3-6-18(22-10-14)23-19(26)12-2-1-7-24(11-12)20(27)17-9-13-8-15(25(28)29)4-5-16(13)30-17/h3-6,8-10,12H,1-2,7,11H2,(H,22,23,26)/t12-/m0/s1. The zero-order valence-corrected chi connectivity index (χ0v) is 18.1. The van der Waals surface area contributed by atoms with Gasteiger partial charge in [-0.05, 0) is 53.0 Å². The van der Waals surface area contributed by atoms with Gasteiger partial charge in [0.15, 0.2) is 0 Å². The molecular weight excluding hydrogens is 472 g/mol. The van der Waals surface area contributed by atoms with Crippen molar-refractivity contribution in [1.82, 2.24) is 9.88 Å². The third kappa shape index (κ3) is 4.34. The SMILES string of the molecule is O=C(Nc1ccc(Br)cn1)[C@H]1CCCN(C(=O)c2cc3cc([N+](=O)[O-])ccc3s2)C1. The minimum atomic E-state index is -0.452. The highest BCUT2D eigenvalue weighted by molar-refractivity contribution is 9.10. The fourth-order valence-corrected chi connectivity index (χ4v) is 4.70. The Hall–Kier alpha value is -2.85. The predicted octanol–water partition coefficient (Wildman–Crippen LogP) is 4.46. The molecule has 1 aliphatic rings. The summed E-state index contributed by atoms with van der Waals surface area (Å²) in [4.78, 5) is 42.5. The van der Waals surface area contributed by atoms with Crippen LogP contribution in [0, 0.1) is 16.0 Å². The van der Waals surface area contributed by atoms with Crippen molar-refractivity contribution in [2.75, 3.05) is 18.4 Å². The molecule has 0 aliphatic carbocycles. The van der Waals surface area contributed by atoms with E-state index in [1.807, 2.05) is 0 Å². The number of piperidine rings is 1. The van der Waals surface area contributed by atoms with Crippen LogP contribution in [0.2, 0.25) is 0 Å². The second-order valence-electron chi connectivity index (χ2n) is 7.03. The number of carbonyl (C=O) groups excluding carboxylic acids is 2. The minimum absolute atomic E-state index is 0.00411. The van der Waals surface area contributed by atoms with Crippen molar-refractivity contribution >= 4 is 60.7 Å². The van der Waals surface area contributed by atoms with Crippen molar-refractivity contribution in [3.05, 3.63) is 62.1 Å². The van der Waals surface area contributed by atoms with E-state index in [4.69, 9.17) is 0 Å². The number of non-ortho nitro benzene ring substituents is 1. The molecule has 0 bridgehead atoms. The van der Waals surface area contributed by atoms with E-state index in [2.05, 4.69) is 26.2 Å². The van der Waals surface area contributed by atoms with Gasteiger partial charge in [-0.1, -0.05) is 0 Å². The average molecular weight is 489 g/mol. The number of hydrogen-bond acceptors (Lipinski definition) is 6. The van der Waals surface area contributed by atoms with Crippen molar-refractivity contribution < 1.29 is 14.5 Å². The molecule has 1 fully saturated rings. The Bertz CT molecular complexity index is 1130. The number of nitrogens with zero attached hydrogens (tertiary/aromatic N) is 3. The number of hydrogen-bond donors (Lipinski definition) is 1. The summed E-state index contributed by atoms with van der Waals surface area (Å²) in [6, 6.07) is 9.76. The summed E-state index contributed by atoms with van der Waals surface area (Å²) in [7, 11) is 0. The molecule has 1 aliphatic heterocycles. The molecule has 2 amide bonds. The number of rotatable bonds is 4. The van der Waals surface area contributed by atoms with Crippen LogP contribution in [0.1, 0.15) is 22.5 Å². The first-order valence-corrected chi connectivity index (χ1v) is 10.9. The molecule has 10 heteroatoms. The lowest BCUT2D eigenvalue weighted by atomic mass is 9.97. The number of anilines is 1. The van der Waals surface area contributed by atoms with Gasteiger partial charge in [0.05, 0.1) is 15.7 Å². The van der Waals surface area contributed by atoms with Crippen LogP contribution < -0.4 is 5.32 Å². The summed E-state index contributed by atoms with van der Waals surface area (Å²) >= 11 is 4.61. The number of aromatic nitrogens is 1. The molecule has 8 nitrogen and oxygen atoms in total. The summed E-state index contributed by atoms with van der Waals surface area (Å²) in [6.45, 7) is 0.906. The van der Waals surface area contributed by atoms with Gasteiger partial charge in [0.25, 0.3) is 11.6 Å². The van der Waals surface area contributed by atoms with Gasteiger partial charge in [0.1, 0.15) is 5.82 Å². The van der Waals surface area contributed by atoms with Crippen LogP contribution in [-0.2, 0) is 4.79 Å². The third-order valence-corrected chi connectivity index (χ3v) is 6.55. The van der Waals surface area contributed by atoms with E-state index < -0.39 is 4.92 Å². The fraction of sp³-hybridized carbons (Fsp3) is 0.250. The number of benzene rings is 1. The van der Waals surface area contributed by atoms with Crippen LogP contribution >= 0.6 is 27.3 Å². The molecule has 4 rings (SSSR count).